The summed E-state index contributed by atoms with van der Waals surface area (Å²) < 4.78 is 30.2. The molecule has 0 aromatic heterocycles. The first-order valence-corrected chi connectivity index (χ1v) is 3.85. The second kappa shape index (κ2) is 4.18. The highest BCUT2D eigenvalue weighted by Gasteiger charge is 2.05. The van der Waals surface area contributed by atoms with Crippen molar-refractivity contribution >= 4 is 0 Å². The molecule has 0 saturated heterocycles. The lowest BCUT2D eigenvalue weighted by Gasteiger charge is -2.08. The Morgan fingerprint density at radius 2 is 2.15 bits per heavy atom. The zero-order valence-electron chi connectivity index (χ0n) is 7.13. The van der Waals surface area contributed by atoms with Gasteiger partial charge in [-0.05, 0) is 19.1 Å². The van der Waals surface area contributed by atoms with Crippen LogP contribution in [0.15, 0.2) is 18.2 Å². The van der Waals surface area contributed by atoms with E-state index in [1.807, 2.05) is 0 Å². The van der Waals surface area contributed by atoms with Crippen LogP contribution in [-0.2, 0) is 0 Å². The summed E-state index contributed by atoms with van der Waals surface area (Å²) >= 11 is 0. The fourth-order valence-electron chi connectivity index (χ4n) is 0.798. The van der Waals surface area contributed by atoms with E-state index in [0.717, 1.165) is 18.2 Å². The number of ether oxygens (including phenoxy) is 1. The van der Waals surface area contributed by atoms with Gasteiger partial charge in [0.25, 0.3) is 0 Å². The quantitative estimate of drug-likeness (QED) is 0.782. The van der Waals surface area contributed by atoms with Gasteiger partial charge in [0, 0.05) is 6.07 Å². The number of hydrogen-bond acceptors (Lipinski definition) is 2. The van der Waals surface area contributed by atoms with Gasteiger partial charge in [-0.1, -0.05) is 0 Å². The number of aliphatic hydroxyl groups excluding tert-OH is 1. The van der Waals surface area contributed by atoms with E-state index in [1.165, 1.54) is 6.92 Å². The van der Waals surface area contributed by atoms with Gasteiger partial charge in [-0.25, -0.2) is 8.78 Å². The van der Waals surface area contributed by atoms with Crippen molar-refractivity contribution < 1.29 is 18.6 Å². The molecule has 0 fully saturated rings. The molecule has 0 radical (unpaired) electrons. The van der Waals surface area contributed by atoms with Crippen LogP contribution in [0.2, 0.25) is 0 Å². The minimum atomic E-state index is -0.706. The normalized spacial score (nSPS) is 12.6. The summed E-state index contributed by atoms with van der Waals surface area (Å²) in [4.78, 5) is 0. The van der Waals surface area contributed by atoms with Crippen molar-refractivity contribution in [1.82, 2.24) is 0 Å². The van der Waals surface area contributed by atoms with Gasteiger partial charge in [0.15, 0.2) is 11.6 Å². The van der Waals surface area contributed by atoms with Gasteiger partial charge in [-0.3, -0.25) is 0 Å². The molecule has 0 bridgehead atoms. The van der Waals surface area contributed by atoms with Crippen LogP contribution in [0.1, 0.15) is 6.92 Å². The van der Waals surface area contributed by atoms with E-state index in [4.69, 9.17) is 9.84 Å². The van der Waals surface area contributed by atoms with E-state index in [1.54, 1.807) is 0 Å². The number of rotatable bonds is 3. The molecule has 1 N–H and O–H groups in total. The third-order valence-electron chi connectivity index (χ3n) is 1.37. The van der Waals surface area contributed by atoms with Gasteiger partial charge in [0.2, 0.25) is 0 Å². The van der Waals surface area contributed by atoms with Gasteiger partial charge in [-0.2, -0.15) is 0 Å². The minimum absolute atomic E-state index is 0.0552. The van der Waals surface area contributed by atoms with Crippen molar-refractivity contribution in [3.63, 3.8) is 0 Å². The molecular weight excluding hydrogens is 178 g/mol. The average molecular weight is 188 g/mol. The standard InChI is InChI=1S/C9H10F2O2/c1-6(12)5-13-9-4-7(10)2-3-8(9)11/h2-4,6,12H,5H2,1H3/t6-/m0/s1. The molecule has 0 heterocycles. The summed E-state index contributed by atoms with van der Waals surface area (Å²) in [5.74, 6) is -1.38. The summed E-state index contributed by atoms with van der Waals surface area (Å²) in [5, 5.41) is 8.83. The van der Waals surface area contributed by atoms with Crippen LogP contribution < -0.4 is 4.74 Å². The number of benzene rings is 1. The molecule has 1 aromatic rings. The predicted molar refractivity (Wildman–Crippen MR) is 43.5 cm³/mol. The predicted octanol–water partition coefficient (Wildman–Crippen LogP) is 1.72. The van der Waals surface area contributed by atoms with Crippen LogP contribution in [0.25, 0.3) is 0 Å². The Balaban J connectivity index is 2.70. The summed E-state index contributed by atoms with van der Waals surface area (Å²) in [6, 6.07) is 2.93. The van der Waals surface area contributed by atoms with Crippen LogP contribution in [0, 0.1) is 11.6 Å². The molecule has 4 heteroatoms. The van der Waals surface area contributed by atoms with Gasteiger partial charge in [0.1, 0.15) is 12.4 Å². The van der Waals surface area contributed by atoms with E-state index in [9.17, 15) is 8.78 Å². The largest absolute Gasteiger partial charge is 0.488 e. The smallest absolute Gasteiger partial charge is 0.165 e. The van der Waals surface area contributed by atoms with Crippen molar-refractivity contribution in [2.45, 2.75) is 13.0 Å². The molecule has 0 aliphatic heterocycles. The van der Waals surface area contributed by atoms with E-state index in [0.29, 0.717) is 0 Å². The highest BCUT2D eigenvalue weighted by Crippen LogP contribution is 2.17. The molecule has 0 spiro atoms. The van der Waals surface area contributed by atoms with Crippen LogP contribution in [0.5, 0.6) is 5.75 Å². The SMILES string of the molecule is C[C@H](O)COc1cc(F)ccc1F. The fourth-order valence-corrected chi connectivity index (χ4v) is 0.798. The molecule has 0 aliphatic rings. The van der Waals surface area contributed by atoms with Crippen molar-refractivity contribution in [3.05, 3.63) is 29.8 Å². The minimum Gasteiger partial charge on any atom is -0.488 e. The first-order chi connectivity index (χ1) is 6.09. The molecule has 1 atom stereocenters. The summed E-state index contributed by atoms with van der Waals surface area (Å²) in [5.41, 5.74) is 0. The van der Waals surface area contributed by atoms with Crippen LogP contribution >= 0.6 is 0 Å². The first kappa shape index (κ1) is 9.92. The molecule has 72 valence electrons. The maximum absolute atomic E-state index is 12.8. The summed E-state index contributed by atoms with van der Waals surface area (Å²) in [7, 11) is 0. The molecule has 0 aliphatic carbocycles. The highest BCUT2D eigenvalue weighted by molar-refractivity contribution is 5.24. The van der Waals surface area contributed by atoms with Crippen molar-refractivity contribution in [2.75, 3.05) is 6.61 Å². The van der Waals surface area contributed by atoms with E-state index in [2.05, 4.69) is 0 Å². The monoisotopic (exact) mass is 188 g/mol. The number of aliphatic hydroxyl groups is 1. The highest BCUT2D eigenvalue weighted by atomic mass is 19.1. The molecule has 1 rings (SSSR count). The Morgan fingerprint density at radius 3 is 2.77 bits per heavy atom. The van der Waals surface area contributed by atoms with E-state index >= 15 is 0 Å². The summed E-state index contributed by atoms with van der Waals surface area (Å²) in [6.45, 7) is 1.44. The van der Waals surface area contributed by atoms with Gasteiger partial charge in [0.05, 0.1) is 6.10 Å². The third-order valence-corrected chi connectivity index (χ3v) is 1.37. The molecular formula is C9H10F2O2. The maximum Gasteiger partial charge on any atom is 0.165 e. The lowest BCUT2D eigenvalue weighted by atomic mass is 10.3. The van der Waals surface area contributed by atoms with Crippen molar-refractivity contribution in [3.8, 4) is 5.75 Å². The van der Waals surface area contributed by atoms with E-state index in [-0.39, 0.29) is 12.4 Å². The molecule has 2 nitrogen and oxygen atoms in total. The van der Waals surface area contributed by atoms with Crippen molar-refractivity contribution in [1.29, 1.82) is 0 Å². The lowest BCUT2D eigenvalue weighted by Crippen LogP contribution is -2.13. The Labute approximate surface area is 74.8 Å². The van der Waals surface area contributed by atoms with Crippen LogP contribution in [-0.4, -0.2) is 17.8 Å². The maximum atomic E-state index is 12.8. The van der Waals surface area contributed by atoms with Gasteiger partial charge in [-0.15, -0.1) is 0 Å². The van der Waals surface area contributed by atoms with Crippen molar-refractivity contribution in [2.24, 2.45) is 0 Å². The van der Waals surface area contributed by atoms with Crippen LogP contribution in [0.3, 0.4) is 0 Å². The van der Waals surface area contributed by atoms with Gasteiger partial charge >= 0.3 is 0 Å². The molecule has 0 amide bonds. The zero-order valence-corrected chi connectivity index (χ0v) is 7.13. The first-order valence-electron chi connectivity index (χ1n) is 3.85. The number of halogens is 2. The Morgan fingerprint density at radius 1 is 1.46 bits per heavy atom. The molecule has 1 aromatic carbocycles. The lowest BCUT2D eigenvalue weighted by molar-refractivity contribution is 0.120. The topological polar surface area (TPSA) is 29.5 Å². The van der Waals surface area contributed by atoms with Crippen LogP contribution in [0.4, 0.5) is 8.78 Å². The third kappa shape index (κ3) is 2.99. The molecule has 0 unspecified atom stereocenters. The second-order valence-corrected chi connectivity index (χ2v) is 2.73. The Bertz CT molecular complexity index is 287. The number of hydrogen-bond donors (Lipinski definition) is 1. The Kier molecular flexibility index (Phi) is 3.19. The second-order valence-electron chi connectivity index (χ2n) is 2.73. The van der Waals surface area contributed by atoms with Gasteiger partial charge < -0.3 is 9.84 Å². The fraction of sp³-hybridized carbons (Fsp3) is 0.333. The summed E-state index contributed by atoms with van der Waals surface area (Å²) in [6.07, 6.45) is -0.706. The average Bonchev–Trinajstić information content (AvgIpc) is 2.06. The zero-order chi connectivity index (χ0) is 9.84. The molecule has 0 saturated carbocycles. The van der Waals surface area contributed by atoms with E-state index < -0.39 is 17.7 Å². The Hall–Kier alpha value is -1.16. The molecule has 13 heavy (non-hydrogen) atoms.